The lowest BCUT2D eigenvalue weighted by Crippen LogP contribution is -2.64. The molecule has 5 rings (SSSR count). The molecule has 4 aliphatic rings. The summed E-state index contributed by atoms with van der Waals surface area (Å²) in [5, 5.41) is 0. The Balaban J connectivity index is 1.59. The second-order valence-electron chi connectivity index (χ2n) is 11.8. The molecule has 9 heteroatoms. The molecule has 2 aliphatic carbocycles. The van der Waals surface area contributed by atoms with Gasteiger partial charge in [-0.25, -0.2) is 9.59 Å². The number of ether oxygens (including phenoxy) is 4. The van der Waals surface area contributed by atoms with Gasteiger partial charge in [0.25, 0.3) is 0 Å². The van der Waals surface area contributed by atoms with E-state index >= 15 is 0 Å². The Morgan fingerprint density at radius 2 is 1.92 bits per heavy atom. The van der Waals surface area contributed by atoms with E-state index in [4.69, 9.17) is 23.4 Å². The molecule has 39 heavy (non-hydrogen) atoms. The molecule has 2 spiro atoms. The second-order valence-corrected chi connectivity index (χ2v) is 11.8. The van der Waals surface area contributed by atoms with E-state index in [9.17, 15) is 19.2 Å². The fourth-order valence-corrected chi connectivity index (χ4v) is 7.44. The fraction of sp³-hybridized carbons (Fsp3) is 0.600. The molecule has 0 N–H and O–H groups in total. The lowest BCUT2D eigenvalue weighted by molar-refractivity contribution is -0.210. The summed E-state index contributed by atoms with van der Waals surface area (Å²) in [5.41, 5.74) is 0.208. The maximum absolute atomic E-state index is 13.9. The Morgan fingerprint density at radius 3 is 2.59 bits per heavy atom. The van der Waals surface area contributed by atoms with E-state index < -0.39 is 58.9 Å². The zero-order valence-electron chi connectivity index (χ0n) is 23.1. The van der Waals surface area contributed by atoms with Crippen molar-refractivity contribution in [3.05, 3.63) is 47.5 Å². The van der Waals surface area contributed by atoms with Crippen molar-refractivity contribution in [1.82, 2.24) is 0 Å². The lowest BCUT2D eigenvalue weighted by atomic mass is 9.43. The van der Waals surface area contributed by atoms with Crippen LogP contribution >= 0.6 is 0 Å². The van der Waals surface area contributed by atoms with Gasteiger partial charge in [0.15, 0.2) is 6.10 Å². The molecule has 0 aromatic carbocycles. The van der Waals surface area contributed by atoms with Crippen LogP contribution in [0.4, 0.5) is 0 Å². The van der Waals surface area contributed by atoms with E-state index in [0.29, 0.717) is 24.8 Å². The molecule has 8 atom stereocenters. The predicted octanol–water partition coefficient (Wildman–Crippen LogP) is 4.62. The van der Waals surface area contributed by atoms with Gasteiger partial charge in [-0.1, -0.05) is 18.6 Å². The molecule has 2 saturated carbocycles. The van der Waals surface area contributed by atoms with Gasteiger partial charge >= 0.3 is 23.9 Å². The molecule has 3 heterocycles. The van der Waals surface area contributed by atoms with Gasteiger partial charge in [-0.2, -0.15) is 0 Å². The van der Waals surface area contributed by atoms with E-state index in [1.54, 1.807) is 52.4 Å². The number of furan rings is 1. The van der Waals surface area contributed by atoms with Crippen molar-refractivity contribution in [1.29, 1.82) is 0 Å². The number of rotatable bonds is 5. The van der Waals surface area contributed by atoms with Crippen LogP contribution in [-0.4, -0.2) is 42.7 Å². The summed E-state index contributed by atoms with van der Waals surface area (Å²) in [6, 6.07) is 1.79. The number of cyclic esters (lactones) is 2. The van der Waals surface area contributed by atoms with Crippen LogP contribution in [-0.2, 0) is 38.1 Å². The normalized spacial score (nSPS) is 37.4. The van der Waals surface area contributed by atoms with Crippen molar-refractivity contribution in [2.45, 2.75) is 78.6 Å². The smallest absolute Gasteiger partial charge is 0.333 e. The van der Waals surface area contributed by atoms with Gasteiger partial charge < -0.3 is 23.4 Å². The third-order valence-electron chi connectivity index (χ3n) is 9.50. The Bertz CT molecular complexity index is 1220. The van der Waals surface area contributed by atoms with E-state index in [1.165, 1.54) is 6.08 Å². The minimum absolute atomic E-state index is 0.0487. The number of fused-ring (bicyclic) bond motifs is 1. The number of esters is 4. The first-order valence-electron chi connectivity index (χ1n) is 13.6. The molecule has 1 aromatic rings. The Kier molecular flexibility index (Phi) is 6.97. The maximum atomic E-state index is 13.9. The Hall–Kier alpha value is -3.36. The minimum Gasteiger partial charge on any atom is -0.472 e. The molecule has 0 unspecified atom stereocenters. The van der Waals surface area contributed by atoms with Gasteiger partial charge in [0.1, 0.15) is 18.1 Å². The van der Waals surface area contributed by atoms with Gasteiger partial charge in [0.05, 0.1) is 24.5 Å². The van der Waals surface area contributed by atoms with E-state index in [0.717, 1.165) is 11.1 Å². The zero-order chi connectivity index (χ0) is 28.1. The molecule has 9 nitrogen and oxygen atoms in total. The monoisotopic (exact) mass is 540 g/mol. The second kappa shape index (κ2) is 9.99. The third kappa shape index (κ3) is 4.30. The van der Waals surface area contributed by atoms with Crippen LogP contribution in [0, 0.1) is 28.6 Å². The highest BCUT2D eigenvalue weighted by molar-refractivity contribution is 5.89. The number of carbonyl (C=O) groups excluding carboxylic acids is 4. The van der Waals surface area contributed by atoms with Crippen LogP contribution in [0.15, 0.2) is 46.3 Å². The number of hydrogen-bond donors (Lipinski definition) is 0. The van der Waals surface area contributed by atoms with Crippen LogP contribution < -0.4 is 0 Å². The van der Waals surface area contributed by atoms with Gasteiger partial charge in [-0.05, 0) is 64.9 Å². The van der Waals surface area contributed by atoms with Gasteiger partial charge in [-0.15, -0.1) is 0 Å². The van der Waals surface area contributed by atoms with Crippen LogP contribution in [0.2, 0.25) is 0 Å². The van der Waals surface area contributed by atoms with Crippen molar-refractivity contribution in [3.8, 4) is 0 Å². The van der Waals surface area contributed by atoms with Crippen molar-refractivity contribution in [2.24, 2.45) is 28.6 Å². The first kappa shape index (κ1) is 27.2. The summed E-state index contributed by atoms with van der Waals surface area (Å²) in [5.74, 6) is -3.31. The lowest BCUT2D eigenvalue weighted by Gasteiger charge is -2.58. The van der Waals surface area contributed by atoms with Gasteiger partial charge in [-0.3, -0.25) is 9.59 Å². The average Bonchev–Trinajstić information content (AvgIpc) is 3.61. The molecule has 2 aliphatic heterocycles. The summed E-state index contributed by atoms with van der Waals surface area (Å²) in [4.78, 5) is 53.1. The summed E-state index contributed by atoms with van der Waals surface area (Å²) in [7, 11) is 0. The number of carbonyl (C=O) groups is 4. The van der Waals surface area contributed by atoms with Gasteiger partial charge in [0, 0.05) is 29.0 Å². The van der Waals surface area contributed by atoms with Crippen molar-refractivity contribution in [3.63, 3.8) is 0 Å². The first-order chi connectivity index (χ1) is 18.5. The molecular weight excluding hydrogens is 504 g/mol. The number of hydrogen-bond acceptors (Lipinski definition) is 9. The summed E-state index contributed by atoms with van der Waals surface area (Å²) >= 11 is 0. The molecule has 1 aromatic heterocycles. The van der Waals surface area contributed by atoms with Crippen LogP contribution in [0.5, 0.6) is 0 Å². The average molecular weight is 541 g/mol. The predicted molar refractivity (Wildman–Crippen MR) is 137 cm³/mol. The summed E-state index contributed by atoms with van der Waals surface area (Å²) in [6.07, 6.45) is 5.59. The molecule has 0 bridgehead atoms. The minimum atomic E-state index is -1.04. The van der Waals surface area contributed by atoms with Gasteiger partial charge in [0.2, 0.25) is 0 Å². The third-order valence-corrected chi connectivity index (χ3v) is 9.50. The molecule has 0 amide bonds. The first-order valence-corrected chi connectivity index (χ1v) is 13.6. The van der Waals surface area contributed by atoms with E-state index in [-0.39, 0.29) is 24.9 Å². The fourth-order valence-electron chi connectivity index (χ4n) is 7.44. The van der Waals surface area contributed by atoms with E-state index in [2.05, 4.69) is 0 Å². The number of allylic oxidation sites excluding steroid dienone is 2. The quantitative estimate of drug-likeness (QED) is 0.299. The standard InChI is InChI=1S/C30H36O9/c1-6-17(4)26(32)39-25-20(37-23(31)11-16(2)3)12-22-29(15-36-27(33)24(25)29)9-7-18(5)30(22)13-21(38-28(30)34)19-8-10-35-14-19/h6,8,10-11,14,18,20-22,24-25H,7,9,12-13,15H2,1-5H3/b17-6-/t18-,20-,21-,22+,24+,25+,29+,30-/m1/s1. The summed E-state index contributed by atoms with van der Waals surface area (Å²) in [6.45, 7) is 9.06. The van der Waals surface area contributed by atoms with Crippen molar-refractivity contribution >= 4 is 23.9 Å². The molecule has 4 fully saturated rings. The topological polar surface area (TPSA) is 118 Å². The van der Waals surface area contributed by atoms with Crippen LogP contribution in [0.3, 0.4) is 0 Å². The summed E-state index contributed by atoms with van der Waals surface area (Å²) < 4.78 is 28.8. The van der Waals surface area contributed by atoms with Crippen molar-refractivity contribution in [2.75, 3.05) is 6.61 Å². The molecule has 0 radical (unpaired) electrons. The van der Waals surface area contributed by atoms with Crippen molar-refractivity contribution < 1.29 is 42.5 Å². The van der Waals surface area contributed by atoms with Crippen LogP contribution in [0.25, 0.3) is 0 Å². The highest BCUT2D eigenvalue weighted by Gasteiger charge is 2.74. The van der Waals surface area contributed by atoms with Crippen LogP contribution in [0.1, 0.15) is 72.0 Å². The zero-order valence-corrected chi connectivity index (χ0v) is 23.1. The van der Waals surface area contributed by atoms with E-state index in [1.807, 2.05) is 6.92 Å². The Morgan fingerprint density at radius 1 is 1.15 bits per heavy atom. The Labute approximate surface area is 227 Å². The SMILES string of the molecule is C/C=C(/C)C(=O)O[C@@H]1[C@H]2C(=O)OC[C@]23CC[C@@H](C)[C@]2(C[C@H](c4ccoc4)OC2=O)[C@H]3C[C@H]1OC(=O)C=C(C)C. The highest BCUT2D eigenvalue weighted by atomic mass is 16.6. The maximum Gasteiger partial charge on any atom is 0.333 e. The molecule has 210 valence electrons. The highest BCUT2D eigenvalue weighted by Crippen LogP contribution is 2.68. The largest absolute Gasteiger partial charge is 0.472 e. The molecule has 2 saturated heterocycles. The molecular formula is C30H36O9.